The lowest BCUT2D eigenvalue weighted by atomic mass is 9.99. The van der Waals surface area contributed by atoms with E-state index in [4.69, 9.17) is 9.84 Å². The van der Waals surface area contributed by atoms with Gasteiger partial charge in [0.1, 0.15) is 0 Å². The molecule has 19 heavy (non-hydrogen) atoms. The van der Waals surface area contributed by atoms with Gasteiger partial charge in [0.2, 0.25) is 0 Å². The number of carboxylic acids is 1. The first-order valence-electron chi connectivity index (χ1n) is 5.97. The summed E-state index contributed by atoms with van der Waals surface area (Å²) in [6.07, 6.45) is 3.70. The Bertz CT molecular complexity index is 440. The topological polar surface area (TPSA) is 105 Å². The van der Waals surface area contributed by atoms with Gasteiger partial charge in [0.15, 0.2) is 5.54 Å². The second-order valence-electron chi connectivity index (χ2n) is 4.34. The largest absolute Gasteiger partial charge is 0.479 e. The van der Waals surface area contributed by atoms with Crippen LogP contribution in [0.4, 0.5) is 4.79 Å². The van der Waals surface area contributed by atoms with Crippen LogP contribution in [0.25, 0.3) is 0 Å². The van der Waals surface area contributed by atoms with E-state index in [1.165, 1.54) is 0 Å². The molecular weight excluding hydrogens is 252 g/mol. The van der Waals surface area contributed by atoms with Crippen molar-refractivity contribution in [1.29, 1.82) is 0 Å². The second-order valence-corrected chi connectivity index (χ2v) is 4.34. The van der Waals surface area contributed by atoms with Gasteiger partial charge in [-0.1, -0.05) is 0 Å². The quantitative estimate of drug-likeness (QED) is 0.663. The Hall–Kier alpha value is -2.09. The van der Waals surface area contributed by atoms with Crippen molar-refractivity contribution in [3.63, 3.8) is 0 Å². The van der Waals surface area contributed by atoms with Gasteiger partial charge in [-0.05, 0) is 6.07 Å². The van der Waals surface area contributed by atoms with Crippen molar-refractivity contribution in [1.82, 2.24) is 20.4 Å². The van der Waals surface area contributed by atoms with Gasteiger partial charge >= 0.3 is 12.0 Å². The molecule has 8 nitrogen and oxygen atoms in total. The van der Waals surface area contributed by atoms with Gasteiger partial charge in [-0.15, -0.1) is 0 Å². The van der Waals surface area contributed by atoms with Crippen LogP contribution in [0, 0.1) is 0 Å². The summed E-state index contributed by atoms with van der Waals surface area (Å²) in [7, 11) is 0. The highest BCUT2D eigenvalue weighted by Crippen LogP contribution is 2.18. The number of nitrogens with one attached hydrogen (secondary N) is 2. The summed E-state index contributed by atoms with van der Waals surface area (Å²) in [5.41, 5.74) is -1.31. The molecule has 2 heterocycles. The van der Waals surface area contributed by atoms with Crippen molar-refractivity contribution in [2.45, 2.75) is 18.5 Å². The number of urea groups is 1. The molecular formula is C11H16N4O4. The first kappa shape index (κ1) is 13.3. The van der Waals surface area contributed by atoms with Gasteiger partial charge in [-0.2, -0.15) is 5.10 Å². The molecule has 0 saturated carbocycles. The van der Waals surface area contributed by atoms with Gasteiger partial charge in [0.25, 0.3) is 0 Å². The zero-order valence-corrected chi connectivity index (χ0v) is 10.3. The van der Waals surface area contributed by atoms with Gasteiger partial charge < -0.3 is 20.5 Å². The predicted octanol–water partition coefficient (Wildman–Crippen LogP) is -0.574. The molecule has 2 rings (SSSR count). The molecule has 2 amide bonds. The highest BCUT2D eigenvalue weighted by atomic mass is 16.5. The monoisotopic (exact) mass is 268 g/mol. The number of hydrogen-bond acceptors (Lipinski definition) is 4. The van der Waals surface area contributed by atoms with E-state index in [9.17, 15) is 9.59 Å². The fourth-order valence-electron chi connectivity index (χ4n) is 1.86. The standard InChI is InChI=1S/C11H16N4O4/c16-9(17)11(2-7-19-8-11)14-10(18)12-4-6-15-5-1-3-13-15/h1,3,5H,2,4,6-8H2,(H,16,17)(H2,12,14,18). The maximum absolute atomic E-state index is 11.7. The van der Waals surface area contributed by atoms with Crippen LogP contribution in [0.15, 0.2) is 18.5 Å². The lowest BCUT2D eigenvalue weighted by Gasteiger charge is -2.23. The highest BCUT2D eigenvalue weighted by Gasteiger charge is 2.43. The Balaban J connectivity index is 1.78. The molecule has 1 aromatic rings. The van der Waals surface area contributed by atoms with Gasteiger partial charge in [0, 0.05) is 32.0 Å². The van der Waals surface area contributed by atoms with Gasteiger partial charge in [0.05, 0.1) is 13.2 Å². The van der Waals surface area contributed by atoms with Crippen molar-refractivity contribution in [3.05, 3.63) is 18.5 Å². The molecule has 0 spiro atoms. The van der Waals surface area contributed by atoms with E-state index in [1.54, 1.807) is 23.1 Å². The van der Waals surface area contributed by atoms with Crippen molar-refractivity contribution in [2.75, 3.05) is 19.8 Å². The molecule has 1 unspecified atom stereocenters. The lowest BCUT2D eigenvalue weighted by molar-refractivity contribution is -0.144. The summed E-state index contributed by atoms with van der Waals surface area (Å²) in [5.74, 6) is -1.08. The first-order valence-corrected chi connectivity index (χ1v) is 5.97. The minimum absolute atomic E-state index is 0.00505. The summed E-state index contributed by atoms with van der Waals surface area (Å²) >= 11 is 0. The average Bonchev–Trinajstić information content (AvgIpc) is 3.00. The zero-order valence-electron chi connectivity index (χ0n) is 10.3. The minimum Gasteiger partial charge on any atom is -0.479 e. The fourth-order valence-corrected chi connectivity index (χ4v) is 1.86. The molecule has 0 aliphatic carbocycles. The number of aliphatic carboxylic acids is 1. The summed E-state index contributed by atoms with van der Waals surface area (Å²) in [4.78, 5) is 22.8. The number of carboxylic acid groups (broad SMARTS) is 1. The Morgan fingerprint density at radius 1 is 1.53 bits per heavy atom. The maximum atomic E-state index is 11.7. The lowest BCUT2D eigenvalue weighted by Crippen LogP contribution is -2.58. The number of carbonyl (C=O) groups is 2. The molecule has 1 fully saturated rings. The smallest absolute Gasteiger partial charge is 0.332 e. The molecule has 1 aromatic heterocycles. The Morgan fingerprint density at radius 2 is 2.37 bits per heavy atom. The summed E-state index contributed by atoms with van der Waals surface area (Å²) in [5, 5.41) is 18.2. The van der Waals surface area contributed by atoms with Gasteiger partial charge in [-0.25, -0.2) is 9.59 Å². The van der Waals surface area contributed by atoms with Crippen molar-refractivity contribution in [2.24, 2.45) is 0 Å². The number of nitrogens with zero attached hydrogens (tertiary/aromatic N) is 2. The van der Waals surface area contributed by atoms with Crippen LogP contribution in [0.1, 0.15) is 6.42 Å². The molecule has 8 heteroatoms. The first-order chi connectivity index (χ1) is 9.12. The number of aromatic nitrogens is 2. The van der Waals surface area contributed by atoms with E-state index in [0.29, 0.717) is 19.7 Å². The van der Waals surface area contributed by atoms with Gasteiger partial charge in [-0.3, -0.25) is 4.68 Å². The van der Waals surface area contributed by atoms with E-state index in [-0.39, 0.29) is 13.0 Å². The summed E-state index contributed by atoms with van der Waals surface area (Å²) in [6.45, 7) is 1.22. The Kier molecular flexibility index (Phi) is 4.00. The third kappa shape index (κ3) is 3.22. The van der Waals surface area contributed by atoms with Crippen LogP contribution >= 0.6 is 0 Å². The van der Waals surface area contributed by atoms with Crippen LogP contribution in [0.2, 0.25) is 0 Å². The minimum atomic E-state index is -1.31. The molecule has 3 N–H and O–H groups in total. The third-order valence-electron chi connectivity index (χ3n) is 2.97. The van der Waals surface area contributed by atoms with Crippen molar-refractivity contribution >= 4 is 12.0 Å². The SMILES string of the molecule is O=C(NCCn1cccn1)NC1(C(=O)O)CCOC1. The van der Waals surface area contributed by atoms with Crippen LogP contribution < -0.4 is 10.6 Å². The number of hydrogen-bond donors (Lipinski definition) is 3. The summed E-state index contributed by atoms with van der Waals surface area (Å²) < 4.78 is 6.72. The van der Waals surface area contributed by atoms with E-state index in [2.05, 4.69) is 15.7 Å². The molecule has 1 aliphatic heterocycles. The van der Waals surface area contributed by atoms with E-state index < -0.39 is 17.5 Å². The molecule has 1 saturated heterocycles. The van der Waals surface area contributed by atoms with Crippen molar-refractivity contribution < 1.29 is 19.4 Å². The number of carbonyl (C=O) groups excluding carboxylic acids is 1. The predicted molar refractivity (Wildman–Crippen MR) is 64.6 cm³/mol. The van der Waals surface area contributed by atoms with Crippen LogP contribution in [0.5, 0.6) is 0 Å². The number of amides is 2. The van der Waals surface area contributed by atoms with Crippen LogP contribution in [0.3, 0.4) is 0 Å². The highest BCUT2D eigenvalue weighted by molar-refractivity contribution is 5.86. The maximum Gasteiger partial charge on any atom is 0.332 e. The molecule has 0 bridgehead atoms. The molecule has 104 valence electrons. The number of rotatable bonds is 5. The third-order valence-corrected chi connectivity index (χ3v) is 2.97. The number of ether oxygens (including phenoxy) is 1. The fraction of sp³-hybridized carbons (Fsp3) is 0.545. The molecule has 1 aliphatic rings. The van der Waals surface area contributed by atoms with E-state index in [0.717, 1.165) is 0 Å². The Morgan fingerprint density at radius 3 is 2.95 bits per heavy atom. The molecule has 0 radical (unpaired) electrons. The summed E-state index contributed by atoms with van der Waals surface area (Å²) in [6, 6.07) is 1.27. The van der Waals surface area contributed by atoms with Crippen LogP contribution in [-0.2, 0) is 16.1 Å². The molecule has 1 atom stereocenters. The Labute approximate surface area is 109 Å². The molecule has 0 aromatic carbocycles. The van der Waals surface area contributed by atoms with Crippen LogP contribution in [-0.4, -0.2) is 52.2 Å². The average molecular weight is 268 g/mol. The van der Waals surface area contributed by atoms with E-state index >= 15 is 0 Å². The zero-order chi connectivity index (χ0) is 13.7. The normalized spacial score (nSPS) is 22.1. The second kappa shape index (κ2) is 5.70. The van der Waals surface area contributed by atoms with E-state index in [1.807, 2.05) is 0 Å². The van der Waals surface area contributed by atoms with Crippen molar-refractivity contribution in [3.8, 4) is 0 Å².